The molecule has 2 aromatic rings. The number of pyridine rings is 1. The van der Waals surface area contributed by atoms with Crippen LogP contribution in [0.3, 0.4) is 0 Å². The Labute approximate surface area is 95.4 Å². The van der Waals surface area contributed by atoms with Crippen LogP contribution in [-0.4, -0.2) is 12.0 Å². The Morgan fingerprint density at radius 1 is 1.36 bits per heavy atom. The fourth-order valence-corrected chi connectivity index (χ4v) is 1.97. The summed E-state index contributed by atoms with van der Waals surface area (Å²) in [6, 6.07) is 7.86. The quantitative estimate of drug-likeness (QED) is 0.800. The van der Waals surface area contributed by atoms with Crippen LogP contribution in [0, 0.1) is 0 Å². The van der Waals surface area contributed by atoms with Gasteiger partial charge in [0.1, 0.15) is 11.0 Å². The molecule has 0 fully saturated rings. The number of nitrogens with one attached hydrogen (secondary N) is 1. The summed E-state index contributed by atoms with van der Waals surface area (Å²) in [6.45, 7) is 0. The van der Waals surface area contributed by atoms with Crippen molar-refractivity contribution in [3.05, 3.63) is 33.9 Å². The van der Waals surface area contributed by atoms with Gasteiger partial charge < -0.3 is 5.32 Å². The minimum Gasteiger partial charge on any atom is -0.373 e. The summed E-state index contributed by atoms with van der Waals surface area (Å²) < 4.78 is 1.04. The third kappa shape index (κ3) is 1.70. The summed E-state index contributed by atoms with van der Waals surface area (Å²) in [4.78, 5) is 4.19. The van der Waals surface area contributed by atoms with Crippen LogP contribution in [0.5, 0.6) is 0 Å². The molecule has 0 amide bonds. The van der Waals surface area contributed by atoms with E-state index in [-0.39, 0.29) is 0 Å². The fraction of sp³-hybridized carbons (Fsp3) is 0.100. The van der Waals surface area contributed by atoms with E-state index in [9.17, 15) is 0 Å². The number of hydrogen-bond donors (Lipinski definition) is 1. The monoisotopic (exact) mass is 270 g/mol. The van der Waals surface area contributed by atoms with Crippen molar-refractivity contribution in [2.75, 3.05) is 12.4 Å². The van der Waals surface area contributed by atoms with Crippen LogP contribution in [0.2, 0.25) is 5.15 Å². The normalized spacial score (nSPS) is 10.5. The fourth-order valence-electron chi connectivity index (χ4n) is 1.39. The van der Waals surface area contributed by atoms with E-state index in [2.05, 4.69) is 26.2 Å². The number of hydrogen-bond acceptors (Lipinski definition) is 2. The Kier molecular flexibility index (Phi) is 2.61. The van der Waals surface area contributed by atoms with E-state index < -0.39 is 0 Å². The maximum absolute atomic E-state index is 5.89. The molecule has 14 heavy (non-hydrogen) atoms. The van der Waals surface area contributed by atoms with E-state index >= 15 is 0 Å². The molecule has 0 spiro atoms. The SMILES string of the molecule is CNc1nc(Cl)cc2cc(Br)ccc12. The Balaban J connectivity index is 2.81. The minimum absolute atomic E-state index is 0.500. The van der Waals surface area contributed by atoms with E-state index in [0.29, 0.717) is 5.15 Å². The van der Waals surface area contributed by atoms with Crippen LogP contribution in [0.15, 0.2) is 28.7 Å². The molecule has 0 bridgehead atoms. The van der Waals surface area contributed by atoms with Crippen molar-refractivity contribution in [3.8, 4) is 0 Å². The maximum atomic E-state index is 5.89. The topological polar surface area (TPSA) is 24.9 Å². The van der Waals surface area contributed by atoms with E-state index in [4.69, 9.17) is 11.6 Å². The zero-order valence-electron chi connectivity index (χ0n) is 7.51. The molecule has 0 aliphatic rings. The first kappa shape index (κ1) is 9.74. The smallest absolute Gasteiger partial charge is 0.135 e. The number of aromatic nitrogens is 1. The first-order valence-electron chi connectivity index (χ1n) is 4.14. The highest BCUT2D eigenvalue weighted by atomic mass is 79.9. The summed E-state index contributed by atoms with van der Waals surface area (Å²) in [7, 11) is 1.83. The van der Waals surface area contributed by atoms with Gasteiger partial charge in [-0.15, -0.1) is 0 Å². The number of benzene rings is 1. The van der Waals surface area contributed by atoms with E-state index in [0.717, 1.165) is 21.1 Å². The Hall–Kier alpha value is -0.800. The average molecular weight is 272 g/mol. The maximum Gasteiger partial charge on any atom is 0.135 e. The molecule has 0 aliphatic heterocycles. The zero-order chi connectivity index (χ0) is 10.1. The van der Waals surface area contributed by atoms with E-state index in [1.54, 1.807) is 0 Å². The molecule has 2 nitrogen and oxygen atoms in total. The molecule has 72 valence electrons. The lowest BCUT2D eigenvalue weighted by atomic mass is 10.1. The lowest BCUT2D eigenvalue weighted by Crippen LogP contribution is -1.93. The summed E-state index contributed by atoms with van der Waals surface area (Å²) in [5, 5.41) is 5.66. The molecular weight excluding hydrogens is 263 g/mol. The Morgan fingerprint density at radius 2 is 2.14 bits per heavy atom. The second-order valence-corrected chi connectivity index (χ2v) is 4.21. The molecule has 1 aromatic carbocycles. The lowest BCUT2D eigenvalue weighted by molar-refractivity contribution is 1.31. The first-order valence-corrected chi connectivity index (χ1v) is 5.31. The highest BCUT2D eigenvalue weighted by Crippen LogP contribution is 2.27. The van der Waals surface area contributed by atoms with Gasteiger partial charge in [-0.25, -0.2) is 4.98 Å². The molecule has 0 atom stereocenters. The van der Waals surface area contributed by atoms with Crippen LogP contribution in [0.4, 0.5) is 5.82 Å². The molecule has 0 saturated carbocycles. The number of anilines is 1. The summed E-state index contributed by atoms with van der Waals surface area (Å²) in [5.74, 6) is 0.806. The molecule has 0 unspecified atom stereocenters. The molecule has 0 saturated heterocycles. The third-order valence-electron chi connectivity index (χ3n) is 2.00. The van der Waals surface area contributed by atoms with Crippen LogP contribution in [0.1, 0.15) is 0 Å². The van der Waals surface area contributed by atoms with Crippen molar-refractivity contribution in [1.82, 2.24) is 4.98 Å². The largest absolute Gasteiger partial charge is 0.373 e. The van der Waals surface area contributed by atoms with Gasteiger partial charge in [-0.05, 0) is 29.7 Å². The van der Waals surface area contributed by atoms with E-state index in [1.165, 1.54) is 0 Å². The lowest BCUT2D eigenvalue weighted by Gasteiger charge is -2.05. The van der Waals surface area contributed by atoms with Gasteiger partial charge in [0.15, 0.2) is 0 Å². The molecule has 1 heterocycles. The van der Waals surface area contributed by atoms with Gasteiger partial charge in [0, 0.05) is 16.9 Å². The number of rotatable bonds is 1. The van der Waals surface area contributed by atoms with Gasteiger partial charge in [0.05, 0.1) is 0 Å². The van der Waals surface area contributed by atoms with Gasteiger partial charge in [0.2, 0.25) is 0 Å². The predicted molar refractivity (Wildman–Crippen MR) is 64.0 cm³/mol. The van der Waals surface area contributed by atoms with Crippen LogP contribution in [0.25, 0.3) is 10.8 Å². The van der Waals surface area contributed by atoms with Gasteiger partial charge in [-0.2, -0.15) is 0 Å². The molecule has 1 aromatic heterocycles. The van der Waals surface area contributed by atoms with Crippen LogP contribution in [-0.2, 0) is 0 Å². The summed E-state index contributed by atoms with van der Waals surface area (Å²) >= 11 is 9.31. The van der Waals surface area contributed by atoms with Crippen molar-refractivity contribution < 1.29 is 0 Å². The van der Waals surface area contributed by atoms with Gasteiger partial charge in [0.25, 0.3) is 0 Å². The highest BCUT2D eigenvalue weighted by molar-refractivity contribution is 9.10. The summed E-state index contributed by atoms with van der Waals surface area (Å²) in [6.07, 6.45) is 0. The van der Waals surface area contributed by atoms with Gasteiger partial charge in [-0.3, -0.25) is 0 Å². The average Bonchev–Trinajstić information content (AvgIpc) is 2.15. The number of fused-ring (bicyclic) bond motifs is 1. The van der Waals surface area contributed by atoms with Crippen molar-refractivity contribution in [2.45, 2.75) is 0 Å². The van der Waals surface area contributed by atoms with Crippen LogP contribution < -0.4 is 5.32 Å². The number of halogens is 2. The molecular formula is C10H8BrClN2. The van der Waals surface area contributed by atoms with Crippen molar-refractivity contribution in [2.24, 2.45) is 0 Å². The second kappa shape index (κ2) is 3.75. The second-order valence-electron chi connectivity index (χ2n) is 2.91. The van der Waals surface area contributed by atoms with Gasteiger partial charge in [-0.1, -0.05) is 27.5 Å². The highest BCUT2D eigenvalue weighted by Gasteiger charge is 2.03. The van der Waals surface area contributed by atoms with Crippen molar-refractivity contribution in [3.63, 3.8) is 0 Å². The first-order chi connectivity index (χ1) is 6.70. The molecule has 1 N–H and O–H groups in total. The predicted octanol–water partition coefficient (Wildman–Crippen LogP) is 3.69. The molecule has 0 radical (unpaired) electrons. The Bertz CT molecular complexity index is 480. The van der Waals surface area contributed by atoms with Crippen molar-refractivity contribution >= 4 is 44.1 Å². The van der Waals surface area contributed by atoms with Gasteiger partial charge >= 0.3 is 0 Å². The number of nitrogens with zero attached hydrogens (tertiary/aromatic N) is 1. The standard InChI is InChI=1S/C10H8BrClN2/c1-13-10-8-3-2-7(11)4-6(8)5-9(12)14-10/h2-5H,1H3,(H,13,14). The molecule has 0 aliphatic carbocycles. The summed E-state index contributed by atoms with van der Waals surface area (Å²) in [5.41, 5.74) is 0. The van der Waals surface area contributed by atoms with Crippen molar-refractivity contribution in [1.29, 1.82) is 0 Å². The minimum atomic E-state index is 0.500. The Morgan fingerprint density at radius 3 is 2.86 bits per heavy atom. The zero-order valence-corrected chi connectivity index (χ0v) is 9.85. The molecule has 2 rings (SSSR count). The van der Waals surface area contributed by atoms with Crippen LogP contribution >= 0.6 is 27.5 Å². The van der Waals surface area contributed by atoms with E-state index in [1.807, 2.05) is 31.3 Å². The third-order valence-corrected chi connectivity index (χ3v) is 2.69. The molecule has 4 heteroatoms.